The molecule has 0 aromatic carbocycles. The maximum atomic E-state index is 12.1. The van der Waals surface area contributed by atoms with Crippen LogP contribution in [0.1, 0.15) is 33.3 Å². The molecule has 110 valence electrons. The standard InChI is InChI=1S/C14H19ClN2O3/c1-13(2,3)20-12(19)17(5)14(4,9-18)10-6-7-16-8-11(10)15/h6-9H,1-5H3. The lowest BCUT2D eigenvalue weighted by Crippen LogP contribution is -2.48. The number of pyridine rings is 1. The van der Waals surface area contributed by atoms with Gasteiger partial charge >= 0.3 is 6.09 Å². The van der Waals surface area contributed by atoms with Gasteiger partial charge in [0.15, 0.2) is 0 Å². The summed E-state index contributed by atoms with van der Waals surface area (Å²) in [5, 5.41) is 0.317. The number of aromatic nitrogens is 1. The molecule has 0 fully saturated rings. The van der Waals surface area contributed by atoms with Crippen LogP contribution in [0, 0.1) is 0 Å². The summed E-state index contributed by atoms with van der Waals surface area (Å²) in [6, 6.07) is 1.61. The zero-order valence-electron chi connectivity index (χ0n) is 12.3. The number of halogens is 1. The molecule has 5 nitrogen and oxygen atoms in total. The number of hydrogen-bond acceptors (Lipinski definition) is 4. The first-order valence-electron chi connectivity index (χ1n) is 6.15. The van der Waals surface area contributed by atoms with E-state index in [0.29, 0.717) is 16.9 Å². The van der Waals surface area contributed by atoms with E-state index in [1.54, 1.807) is 33.8 Å². The molecule has 1 amide bonds. The molecule has 0 aliphatic rings. The summed E-state index contributed by atoms with van der Waals surface area (Å²) in [6.45, 7) is 6.88. The van der Waals surface area contributed by atoms with Crippen LogP contribution in [0.2, 0.25) is 5.02 Å². The summed E-state index contributed by atoms with van der Waals surface area (Å²) in [5.74, 6) is 0. The molecule has 0 saturated heterocycles. The zero-order valence-corrected chi connectivity index (χ0v) is 13.1. The van der Waals surface area contributed by atoms with E-state index < -0.39 is 17.2 Å². The minimum atomic E-state index is -1.22. The maximum Gasteiger partial charge on any atom is 0.411 e. The fourth-order valence-electron chi connectivity index (χ4n) is 1.63. The van der Waals surface area contributed by atoms with Gasteiger partial charge in [-0.2, -0.15) is 0 Å². The Balaban J connectivity index is 3.14. The molecular formula is C14H19ClN2O3. The van der Waals surface area contributed by atoms with Crippen LogP contribution in [0.15, 0.2) is 18.5 Å². The molecule has 1 rings (SSSR count). The molecule has 1 aromatic rings. The van der Waals surface area contributed by atoms with Gasteiger partial charge in [-0.1, -0.05) is 11.6 Å². The summed E-state index contributed by atoms with van der Waals surface area (Å²) in [5.41, 5.74) is -1.36. The van der Waals surface area contributed by atoms with Crippen LogP contribution in [0.4, 0.5) is 4.79 Å². The van der Waals surface area contributed by atoms with E-state index in [0.717, 1.165) is 0 Å². The molecule has 1 heterocycles. The highest BCUT2D eigenvalue weighted by Crippen LogP contribution is 2.31. The van der Waals surface area contributed by atoms with E-state index in [4.69, 9.17) is 16.3 Å². The zero-order chi connectivity index (χ0) is 15.6. The molecule has 0 radical (unpaired) electrons. The van der Waals surface area contributed by atoms with Gasteiger partial charge in [-0.15, -0.1) is 0 Å². The lowest BCUT2D eigenvalue weighted by atomic mass is 9.93. The third kappa shape index (κ3) is 3.48. The fourth-order valence-corrected chi connectivity index (χ4v) is 1.94. The molecule has 20 heavy (non-hydrogen) atoms. The molecule has 0 saturated carbocycles. The van der Waals surface area contributed by atoms with E-state index in [1.165, 1.54) is 24.3 Å². The lowest BCUT2D eigenvalue weighted by molar-refractivity contribution is -0.117. The monoisotopic (exact) mass is 298 g/mol. The van der Waals surface area contributed by atoms with Crippen LogP contribution in [0.25, 0.3) is 0 Å². The molecule has 0 aliphatic carbocycles. The third-order valence-electron chi connectivity index (χ3n) is 2.91. The Morgan fingerprint density at radius 1 is 1.40 bits per heavy atom. The first-order chi connectivity index (χ1) is 9.12. The van der Waals surface area contributed by atoms with Gasteiger partial charge in [0.2, 0.25) is 0 Å². The topological polar surface area (TPSA) is 59.5 Å². The Labute approximate surface area is 123 Å². The summed E-state index contributed by atoms with van der Waals surface area (Å²) in [4.78, 5) is 28.8. The number of carbonyl (C=O) groups is 2. The molecule has 0 aliphatic heterocycles. The minimum absolute atomic E-state index is 0.317. The maximum absolute atomic E-state index is 12.1. The number of aldehydes is 1. The third-order valence-corrected chi connectivity index (χ3v) is 3.21. The van der Waals surface area contributed by atoms with Crippen molar-refractivity contribution in [2.45, 2.75) is 38.8 Å². The van der Waals surface area contributed by atoms with Crippen molar-refractivity contribution in [3.63, 3.8) is 0 Å². The number of ether oxygens (including phenoxy) is 1. The van der Waals surface area contributed by atoms with Crippen molar-refractivity contribution in [3.05, 3.63) is 29.0 Å². The van der Waals surface area contributed by atoms with Crippen molar-refractivity contribution in [1.82, 2.24) is 9.88 Å². The SMILES string of the molecule is CN(C(=O)OC(C)(C)C)C(C)(C=O)c1ccncc1Cl. The molecule has 1 atom stereocenters. The number of amides is 1. The predicted molar refractivity (Wildman–Crippen MR) is 76.7 cm³/mol. The van der Waals surface area contributed by atoms with Crippen molar-refractivity contribution in [3.8, 4) is 0 Å². The van der Waals surface area contributed by atoms with E-state index in [9.17, 15) is 9.59 Å². The van der Waals surface area contributed by atoms with Gasteiger partial charge in [-0.3, -0.25) is 9.88 Å². The second kappa shape index (κ2) is 5.79. The molecule has 0 spiro atoms. The van der Waals surface area contributed by atoms with Crippen LogP contribution >= 0.6 is 11.6 Å². The van der Waals surface area contributed by atoms with Crippen LogP contribution in [0.3, 0.4) is 0 Å². The average molecular weight is 299 g/mol. The van der Waals surface area contributed by atoms with Crippen LogP contribution < -0.4 is 0 Å². The smallest absolute Gasteiger partial charge is 0.411 e. The van der Waals surface area contributed by atoms with Gasteiger partial charge in [-0.05, 0) is 33.8 Å². The van der Waals surface area contributed by atoms with E-state index in [2.05, 4.69) is 4.98 Å². The van der Waals surface area contributed by atoms with Crippen molar-refractivity contribution in [1.29, 1.82) is 0 Å². The molecule has 1 aromatic heterocycles. The number of rotatable bonds is 3. The van der Waals surface area contributed by atoms with Gasteiger partial charge < -0.3 is 9.53 Å². The van der Waals surface area contributed by atoms with Crippen molar-refractivity contribution >= 4 is 24.0 Å². The van der Waals surface area contributed by atoms with Crippen molar-refractivity contribution < 1.29 is 14.3 Å². The number of hydrogen-bond donors (Lipinski definition) is 0. The fraction of sp³-hybridized carbons (Fsp3) is 0.500. The summed E-state index contributed by atoms with van der Waals surface area (Å²) in [6.07, 6.45) is 3.02. The van der Waals surface area contributed by atoms with Crippen molar-refractivity contribution in [2.75, 3.05) is 7.05 Å². The number of nitrogens with zero attached hydrogens (tertiary/aromatic N) is 2. The van der Waals surface area contributed by atoms with E-state index in [1.807, 2.05) is 0 Å². The quantitative estimate of drug-likeness (QED) is 0.805. The molecule has 6 heteroatoms. The molecule has 1 unspecified atom stereocenters. The van der Waals surface area contributed by atoms with Crippen LogP contribution in [-0.2, 0) is 15.1 Å². The first kappa shape index (κ1) is 16.4. The molecule has 0 N–H and O–H groups in total. The highest BCUT2D eigenvalue weighted by atomic mass is 35.5. The van der Waals surface area contributed by atoms with E-state index in [-0.39, 0.29) is 0 Å². The first-order valence-corrected chi connectivity index (χ1v) is 6.53. The van der Waals surface area contributed by atoms with Gasteiger partial charge in [0.25, 0.3) is 0 Å². The number of carbonyl (C=O) groups excluding carboxylic acids is 2. The van der Waals surface area contributed by atoms with E-state index >= 15 is 0 Å². The summed E-state index contributed by atoms with van der Waals surface area (Å²) >= 11 is 6.07. The second-order valence-corrected chi connectivity index (χ2v) is 6.07. The molecular weight excluding hydrogens is 280 g/mol. The highest BCUT2D eigenvalue weighted by Gasteiger charge is 2.38. The Kier molecular flexibility index (Phi) is 4.76. The Morgan fingerprint density at radius 2 is 2.00 bits per heavy atom. The largest absolute Gasteiger partial charge is 0.444 e. The second-order valence-electron chi connectivity index (χ2n) is 5.66. The average Bonchev–Trinajstić information content (AvgIpc) is 2.35. The summed E-state index contributed by atoms with van der Waals surface area (Å²) < 4.78 is 5.28. The van der Waals surface area contributed by atoms with Crippen LogP contribution in [0.5, 0.6) is 0 Å². The van der Waals surface area contributed by atoms with Gasteiger partial charge in [-0.25, -0.2) is 4.79 Å². The van der Waals surface area contributed by atoms with Gasteiger partial charge in [0, 0.05) is 25.0 Å². The summed E-state index contributed by atoms with van der Waals surface area (Å²) in [7, 11) is 1.50. The predicted octanol–water partition coefficient (Wildman–Crippen LogP) is 3.02. The van der Waals surface area contributed by atoms with Gasteiger partial charge in [0.05, 0.1) is 5.02 Å². The highest BCUT2D eigenvalue weighted by molar-refractivity contribution is 6.31. The van der Waals surface area contributed by atoms with Crippen LogP contribution in [-0.4, -0.2) is 34.9 Å². The normalized spacial score (nSPS) is 14.3. The van der Waals surface area contributed by atoms with Gasteiger partial charge in [0.1, 0.15) is 17.4 Å². The van der Waals surface area contributed by atoms with Crippen molar-refractivity contribution in [2.24, 2.45) is 0 Å². The minimum Gasteiger partial charge on any atom is -0.444 e. The Bertz CT molecular complexity index is 513. The number of likely N-dealkylation sites (N-methyl/N-ethyl adjacent to an activating group) is 1. The lowest BCUT2D eigenvalue weighted by Gasteiger charge is -2.36. The molecule has 0 bridgehead atoms. The Hall–Kier alpha value is -1.62. The Morgan fingerprint density at radius 3 is 2.45 bits per heavy atom.